The molecular weight excluding hydrogens is 516 g/mol. The second kappa shape index (κ2) is 6.94. The molecule has 0 saturated carbocycles. The van der Waals surface area contributed by atoms with Crippen LogP contribution in [0.5, 0.6) is 0 Å². The lowest BCUT2D eigenvalue weighted by molar-refractivity contribution is -0.119. The topological polar surface area (TPSA) is 107 Å². The number of halogens is 2. The fraction of sp³-hybridized carbons (Fsp3) is 0.500. The molecule has 0 radical (unpaired) electrons. The fourth-order valence-electron chi connectivity index (χ4n) is 5.75. The number of fused-ring (bicyclic) bond motifs is 11. The molecule has 2 aromatic heterocycles. The molecule has 188 valence electrons. The molecule has 36 heavy (non-hydrogen) atoms. The summed E-state index contributed by atoms with van der Waals surface area (Å²) in [6.07, 6.45) is 0. The van der Waals surface area contributed by atoms with Crippen molar-refractivity contribution in [3.63, 3.8) is 0 Å². The molecular formula is C20H18B2F2N4O6S2-2. The molecule has 0 atom stereocenters. The van der Waals surface area contributed by atoms with Crippen LogP contribution >= 0.6 is 23.5 Å². The Labute approximate surface area is 210 Å². The third kappa shape index (κ3) is 2.65. The van der Waals surface area contributed by atoms with Gasteiger partial charge in [0.2, 0.25) is 0 Å². The Morgan fingerprint density at radius 1 is 0.583 bits per heavy atom. The molecule has 8 heterocycles. The molecule has 6 fully saturated rings. The fourth-order valence-corrected chi connectivity index (χ4v) is 6.88. The van der Waals surface area contributed by atoms with Crippen molar-refractivity contribution >= 4 is 80.7 Å². The van der Waals surface area contributed by atoms with Gasteiger partial charge in [-0.05, 0) is 0 Å². The Kier molecular flexibility index (Phi) is 4.26. The minimum Gasteiger partial charge on any atom is -0.540 e. The lowest BCUT2D eigenvalue weighted by atomic mass is 9.61. The van der Waals surface area contributed by atoms with Gasteiger partial charge >= 0.3 is 13.5 Å². The van der Waals surface area contributed by atoms with Crippen LogP contribution in [-0.4, -0.2) is 70.6 Å². The van der Waals surface area contributed by atoms with E-state index in [2.05, 4.69) is 17.5 Å². The summed E-state index contributed by atoms with van der Waals surface area (Å²) in [5.41, 5.74) is -0.141. The first-order chi connectivity index (χ1) is 17.3. The molecule has 6 saturated heterocycles. The van der Waals surface area contributed by atoms with Crippen LogP contribution in [0.15, 0.2) is 0 Å². The van der Waals surface area contributed by atoms with E-state index >= 15 is 8.78 Å². The van der Waals surface area contributed by atoms with Crippen molar-refractivity contribution in [3.05, 3.63) is 11.6 Å². The lowest BCUT2D eigenvalue weighted by Crippen LogP contribution is -2.70. The van der Waals surface area contributed by atoms with Crippen molar-refractivity contribution in [1.82, 2.24) is 17.5 Å². The van der Waals surface area contributed by atoms with Crippen molar-refractivity contribution in [1.29, 1.82) is 0 Å². The largest absolute Gasteiger partial charge is 0.540 e. The number of hydrogen-bond donors (Lipinski definition) is 0. The Hall–Kier alpha value is -1.91. The summed E-state index contributed by atoms with van der Waals surface area (Å²) < 4.78 is 86.4. The van der Waals surface area contributed by atoms with Crippen molar-refractivity contribution in [2.45, 2.75) is 13.8 Å². The predicted molar refractivity (Wildman–Crippen MR) is 129 cm³/mol. The van der Waals surface area contributed by atoms with Crippen LogP contribution in [0.1, 0.15) is 13.8 Å². The average molecular weight is 534 g/mol. The third-order valence-corrected chi connectivity index (χ3v) is 8.79. The Bertz CT molecular complexity index is 1450. The number of hydrogen-bond acceptors (Lipinski definition) is 12. The molecule has 6 aliphatic rings. The Balaban J connectivity index is 1.45. The molecule has 0 amide bonds. The van der Waals surface area contributed by atoms with E-state index in [0.29, 0.717) is 39.6 Å². The SMILES string of the molecule is CC12CO[B-](c3c(F)c4c5nsnc5c([B-]56OCC(C)(CO5)CO6)c(F)c4c4nsnc34)(OC1)OC2. The van der Waals surface area contributed by atoms with Crippen LogP contribution in [0, 0.1) is 22.5 Å². The molecule has 0 aliphatic carbocycles. The second-order valence-electron chi connectivity index (χ2n) is 10.9. The van der Waals surface area contributed by atoms with Crippen LogP contribution < -0.4 is 10.9 Å². The Morgan fingerprint density at radius 2 is 0.889 bits per heavy atom. The smallest absolute Gasteiger partial charge is 0.414 e. The zero-order valence-electron chi connectivity index (χ0n) is 19.2. The maximum atomic E-state index is 16.6. The molecule has 0 spiro atoms. The van der Waals surface area contributed by atoms with Crippen LogP contribution in [0.25, 0.3) is 32.8 Å². The van der Waals surface area contributed by atoms with Gasteiger partial charge < -0.3 is 27.9 Å². The van der Waals surface area contributed by atoms with Crippen molar-refractivity contribution in [2.24, 2.45) is 10.8 Å². The van der Waals surface area contributed by atoms with Gasteiger partial charge in [0.25, 0.3) is 0 Å². The molecule has 6 aliphatic heterocycles. The highest BCUT2D eigenvalue weighted by atomic mass is 32.1. The monoisotopic (exact) mass is 534 g/mol. The van der Waals surface area contributed by atoms with Gasteiger partial charge in [-0.25, -0.2) is 8.78 Å². The van der Waals surface area contributed by atoms with Crippen LogP contribution in [0.2, 0.25) is 0 Å². The Morgan fingerprint density at radius 3 is 1.22 bits per heavy atom. The summed E-state index contributed by atoms with van der Waals surface area (Å²) in [6.45, 7) is 0.645. The molecule has 4 aromatic rings. The molecule has 2 aromatic carbocycles. The standard InChI is InChI=1S/C20H18B2F2N4O6S2/c1-19-3-29-21(30-4-19,31-5-19)11-13(23)9-10(15-17(11)27-35-25-15)14(24)12(18-16(9)26-36-28-18)22-32-6-20(2,7-33-22)8-34-22/h3-8H2,1-2H3/q-2. The van der Waals surface area contributed by atoms with E-state index in [1.54, 1.807) is 0 Å². The first kappa shape index (κ1) is 22.1. The van der Waals surface area contributed by atoms with Gasteiger partial charge in [0.1, 0.15) is 22.7 Å². The first-order valence-corrected chi connectivity index (χ1v) is 13.1. The molecule has 10 nitrogen and oxygen atoms in total. The first-order valence-electron chi connectivity index (χ1n) is 11.6. The summed E-state index contributed by atoms with van der Waals surface area (Å²) in [5, 5.41) is -0.186. The predicted octanol–water partition coefficient (Wildman–Crippen LogP) is 1.59. The number of nitrogens with zero attached hydrogens (tertiary/aromatic N) is 4. The molecule has 10 rings (SSSR count). The molecule has 4 bridgehead atoms. The number of benzene rings is 2. The van der Waals surface area contributed by atoms with Gasteiger partial charge in [0, 0.05) is 61.2 Å². The van der Waals surface area contributed by atoms with E-state index in [4.69, 9.17) is 27.9 Å². The minimum absolute atomic E-state index is 0.0204. The number of aromatic nitrogens is 4. The van der Waals surface area contributed by atoms with E-state index in [-0.39, 0.29) is 54.6 Å². The molecule has 16 heteroatoms. The van der Waals surface area contributed by atoms with Gasteiger partial charge in [-0.15, -0.1) is 0 Å². The van der Waals surface area contributed by atoms with Gasteiger partial charge in [-0.2, -0.15) is 17.5 Å². The highest BCUT2D eigenvalue weighted by Gasteiger charge is 2.52. The van der Waals surface area contributed by atoms with Crippen LogP contribution in [0.3, 0.4) is 0 Å². The van der Waals surface area contributed by atoms with E-state index < -0.39 is 25.1 Å². The van der Waals surface area contributed by atoms with E-state index in [9.17, 15) is 0 Å². The zero-order valence-corrected chi connectivity index (χ0v) is 20.8. The molecule has 0 unspecified atom stereocenters. The van der Waals surface area contributed by atoms with Gasteiger partial charge in [0.05, 0.1) is 34.5 Å². The maximum absolute atomic E-state index is 16.6. The normalized spacial score (nSPS) is 36.0. The average Bonchev–Trinajstić information content (AvgIpc) is 3.55. The highest BCUT2D eigenvalue weighted by molar-refractivity contribution is 7.01. The quantitative estimate of drug-likeness (QED) is 0.352. The van der Waals surface area contributed by atoms with Crippen molar-refractivity contribution in [3.8, 4) is 0 Å². The summed E-state index contributed by atoms with van der Waals surface area (Å²) in [4.78, 5) is 0. The van der Waals surface area contributed by atoms with Crippen LogP contribution in [0.4, 0.5) is 8.78 Å². The summed E-state index contributed by atoms with van der Waals surface area (Å²) in [5.74, 6) is -1.57. The van der Waals surface area contributed by atoms with Crippen molar-refractivity contribution < 1.29 is 36.7 Å². The van der Waals surface area contributed by atoms with Gasteiger partial charge in [-0.1, -0.05) is 24.8 Å². The lowest BCUT2D eigenvalue weighted by Gasteiger charge is -2.58. The summed E-state index contributed by atoms with van der Waals surface area (Å²) in [6, 6.07) is 0. The minimum atomic E-state index is -2.65. The van der Waals surface area contributed by atoms with Gasteiger partial charge in [0.15, 0.2) is 0 Å². The highest BCUT2D eigenvalue weighted by Crippen LogP contribution is 2.42. The molecule has 0 N–H and O–H groups in total. The summed E-state index contributed by atoms with van der Waals surface area (Å²) >= 11 is 1.67. The van der Waals surface area contributed by atoms with Crippen molar-refractivity contribution in [2.75, 3.05) is 39.6 Å². The summed E-state index contributed by atoms with van der Waals surface area (Å²) in [7, 11) is 0. The second-order valence-corrected chi connectivity index (χ2v) is 12.0. The van der Waals surface area contributed by atoms with E-state index in [1.807, 2.05) is 13.8 Å². The maximum Gasteiger partial charge on any atom is 0.414 e. The van der Waals surface area contributed by atoms with Crippen LogP contribution in [-0.2, 0) is 27.9 Å². The number of rotatable bonds is 2. The third-order valence-electron chi connectivity index (χ3n) is 7.74. The van der Waals surface area contributed by atoms with Gasteiger partial charge in [-0.3, -0.25) is 0 Å². The van der Waals surface area contributed by atoms with E-state index in [0.717, 1.165) is 23.5 Å². The zero-order chi connectivity index (χ0) is 24.5. The van der Waals surface area contributed by atoms with E-state index in [1.165, 1.54) is 0 Å².